The van der Waals surface area contributed by atoms with E-state index in [-0.39, 0.29) is 0 Å². The third-order valence-electron chi connectivity index (χ3n) is 1.17. The summed E-state index contributed by atoms with van der Waals surface area (Å²) in [7, 11) is 0. The van der Waals surface area contributed by atoms with Crippen LogP contribution in [0.5, 0.6) is 0 Å². The zero-order valence-corrected chi connectivity index (χ0v) is 6.82. The highest BCUT2D eigenvalue weighted by Crippen LogP contribution is 1.87. The second-order valence-corrected chi connectivity index (χ2v) is 2.27. The second kappa shape index (κ2) is 5.04. The first-order valence-electron chi connectivity index (χ1n) is 3.42. The summed E-state index contributed by atoms with van der Waals surface area (Å²) in [5.74, 6) is -2.71. The number of hydrogen-bond acceptors (Lipinski definition) is 4. The summed E-state index contributed by atoms with van der Waals surface area (Å²) in [5, 5.41) is 10.2. The molecule has 0 saturated heterocycles. The van der Waals surface area contributed by atoms with E-state index in [0.717, 1.165) is 6.08 Å². The van der Waals surface area contributed by atoms with E-state index in [1.54, 1.807) is 0 Å². The number of aliphatic carboxylic acids is 1. The Morgan fingerprint density at radius 1 is 1.54 bits per heavy atom. The normalized spacial score (nSPS) is 11.5. The molecule has 2 amide bonds. The first kappa shape index (κ1) is 11.3. The Labute approximate surface area is 74.4 Å². The molecule has 0 rings (SSSR count). The van der Waals surface area contributed by atoms with Gasteiger partial charge in [-0.25, -0.2) is 0 Å². The standard InChI is InChI=1S/C7H10N2O4/c1-2-5(10)9-6(11)3-4(8)7(12)13/h2,4H,1,3,8H2,(H,12,13)(H,9,10,11). The fourth-order valence-corrected chi connectivity index (χ4v) is 0.527. The number of carboxylic acid groups (broad SMARTS) is 1. The minimum absolute atomic E-state index is 0.436. The molecule has 0 bridgehead atoms. The van der Waals surface area contributed by atoms with Crippen molar-refractivity contribution in [2.24, 2.45) is 5.73 Å². The van der Waals surface area contributed by atoms with Gasteiger partial charge in [0.2, 0.25) is 11.8 Å². The molecule has 0 fully saturated rings. The van der Waals surface area contributed by atoms with Crippen LogP contribution in [0.3, 0.4) is 0 Å². The van der Waals surface area contributed by atoms with Crippen molar-refractivity contribution in [2.45, 2.75) is 12.5 Å². The number of rotatable bonds is 4. The van der Waals surface area contributed by atoms with Crippen molar-refractivity contribution in [2.75, 3.05) is 0 Å². The number of nitrogens with one attached hydrogen (secondary N) is 1. The van der Waals surface area contributed by atoms with Gasteiger partial charge in [-0.3, -0.25) is 19.7 Å². The lowest BCUT2D eigenvalue weighted by Crippen LogP contribution is -2.38. The third-order valence-corrected chi connectivity index (χ3v) is 1.17. The van der Waals surface area contributed by atoms with E-state index in [1.165, 1.54) is 0 Å². The number of carboxylic acids is 1. The molecule has 0 spiro atoms. The van der Waals surface area contributed by atoms with E-state index >= 15 is 0 Å². The quantitative estimate of drug-likeness (QED) is 0.468. The number of carbonyl (C=O) groups is 3. The van der Waals surface area contributed by atoms with E-state index in [9.17, 15) is 14.4 Å². The Balaban J connectivity index is 3.94. The molecule has 0 radical (unpaired) electrons. The smallest absolute Gasteiger partial charge is 0.321 e. The lowest BCUT2D eigenvalue weighted by Gasteiger charge is -2.04. The molecule has 1 unspecified atom stereocenters. The van der Waals surface area contributed by atoms with Gasteiger partial charge in [-0.1, -0.05) is 6.58 Å². The zero-order valence-electron chi connectivity index (χ0n) is 6.82. The molecule has 0 heterocycles. The number of hydrogen-bond donors (Lipinski definition) is 3. The van der Waals surface area contributed by atoms with Crippen molar-refractivity contribution in [1.82, 2.24) is 5.32 Å². The third kappa shape index (κ3) is 4.70. The molecule has 0 saturated carbocycles. The first-order chi connectivity index (χ1) is 5.97. The van der Waals surface area contributed by atoms with Gasteiger partial charge < -0.3 is 10.8 Å². The Morgan fingerprint density at radius 3 is 2.46 bits per heavy atom. The van der Waals surface area contributed by atoms with Gasteiger partial charge in [0.05, 0.1) is 6.42 Å². The maximum absolute atomic E-state index is 10.8. The van der Waals surface area contributed by atoms with Gasteiger partial charge in [0, 0.05) is 0 Å². The van der Waals surface area contributed by atoms with Gasteiger partial charge in [-0.05, 0) is 6.08 Å². The van der Waals surface area contributed by atoms with Crippen molar-refractivity contribution in [3.05, 3.63) is 12.7 Å². The summed E-state index contributed by atoms with van der Waals surface area (Å²) >= 11 is 0. The Morgan fingerprint density at radius 2 is 2.08 bits per heavy atom. The fraction of sp³-hybridized carbons (Fsp3) is 0.286. The van der Waals surface area contributed by atoms with Crippen LogP contribution in [0.25, 0.3) is 0 Å². The molecule has 72 valence electrons. The SMILES string of the molecule is C=CC(=O)NC(=O)CC(N)C(=O)O. The minimum atomic E-state index is -1.29. The van der Waals surface area contributed by atoms with Crippen LogP contribution in [-0.4, -0.2) is 28.9 Å². The summed E-state index contributed by atoms with van der Waals surface area (Å²) in [5.41, 5.74) is 5.04. The van der Waals surface area contributed by atoms with Gasteiger partial charge in [-0.15, -0.1) is 0 Å². The molecular weight excluding hydrogens is 176 g/mol. The molecule has 0 aromatic rings. The lowest BCUT2D eigenvalue weighted by molar-refractivity contribution is -0.141. The summed E-state index contributed by atoms with van der Waals surface area (Å²) < 4.78 is 0. The van der Waals surface area contributed by atoms with E-state index in [1.807, 2.05) is 5.32 Å². The van der Waals surface area contributed by atoms with E-state index in [2.05, 4.69) is 6.58 Å². The van der Waals surface area contributed by atoms with Crippen LogP contribution < -0.4 is 11.1 Å². The number of imide groups is 1. The first-order valence-corrected chi connectivity index (χ1v) is 3.42. The van der Waals surface area contributed by atoms with Crippen LogP contribution in [0.15, 0.2) is 12.7 Å². The fourth-order valence-electron chi connectivity index (χ4n) is 0.527. The van der Waals surface area contributed by atoms with E-state index in [0.29, 0.717) is 0 Å². The maximum atomic E-state index is 10.8. The molecule has 0 aromatic carbocycles. The topological polar surface area (TPSA) is 109 Å². The number of carbonyl (C=O) groups excluding carboxylic acids is 2. The molecule has 6 nitrogen and oxygen atoms in total. The number of amides is 2. The average Bonchev–Trinajstić information content (AvgIpc) is 2.03. The van der Waals surface area contributed by atoms with Gasteiger partial charge in [-0.2, -0.15) is 0 Å². The molecule has 0 aliphatic heterocycles. The maximum Gasteiger partial charge on any atom is 0.321 e. The van der Waals surface area contributed by atoms with Crippen molar-refractivity contribution in [1.29, 1.82) is 0 Å². The molecule has 0 aliphatic rings. The second-order valence-electron chi connectivity index (χ2n) is 2.27. The molecular formula is C7H10N2O4. The molecule has 4 N–H and O–H groups in total. The monoisotopic (exact) mass is 186 g/mol. The van der Waals surface area contributed by atoms with Gasteiger partial charge in [0.1, 0.15) is 6.04 Å². The molecule has 0 aliphatic carbocycles. The summed E-state index contributed by atoms with van der Waals surface area (Å²) in [6.45, 7) is 3.12. The summed E-state index contributed by atoms with van der Waals surface area (Å²) in [6, 6.07) is -1.29. The average molecular weight is 186 g/mol. The van der Waals surface area contributed by atoms with Crippen LogP contribution in [0, 0.1) is 0 Å². The van der Waals surface area contributed by atoms with E-state index in [4.69, 9.17) is 10.8 Å². The lowest BCUT2D eigenvalue weighted by atomic mass is 10.2. The largest absolute Gasteiger partial charge is 0.480 e. The molecule has 13 heavy (non-hydrogen) atoms. The van der Waals surface area contributed by atoms with Crippen LogP contribution in [-0.2, 0) is 14.4 Å². The van der Waals surface area contributed by atoms with Crippen LogP contribution in [0.2, 0.25) is 0 Å². The van der Waals surface area contributed by atoms with Crippen LogP contribution in [0.1, 0.15) is 6.42 Å². The minimum Gasteiger partial charge on any atom is -0.480 e. The highest BCUT2D eigenvalue weighted by Gasteiger charge is 2.16. The Kier molecular flexibility index (Phi) is 4.39. The van der Waals surface area contributed by atoms with Crippen molar-refractivity contribution in [3.8, 4) is 0 Å². The van der Waals surface area contributed by atoms with Gasteiger partial charge in [0.15, 0.2) is 0 Å². The highest BCUT2D eigenvalue weighted by atomic mass is 16.4. The highest BCUT2D eigenvalue weighted by molar-refractivity contribution is 6.01. The van der Waals surface area contributed by atoms with Crippen LogP contribution in [0.4, 0.5) is 0 Å². The predicted molar refractivity (Wildman–Crippen MR) is 43.6 cm³/mol. The van der Waals surface area contributed by atoms with Gasteiger partial charge >= 0.3 is 5.97 Å². The molecule has 0 aromatic heterocycles. The summed E-state index contributed by atoms with van der Waals surface area (Å²) in [6.07, 6.45) is 0.471. The van der Waals surface area contributed by atoms with Crippen LogP contribution >= 0.6 is 0 Å². The van der Waals surface area contributed by atoms with Crippen molar-refractivity contribution >= 4 is 17.8 Å². The molecule has 6 heteroatoms. The Hall–Kier alpha value is -1.69. The van der Waals surface area contributed by atoms with Crippen molar-refractivity contribution < 1.29 is 19.5 Å². The predicted octanol–water partition coefficient (Wildman–Crippen LogP) is -1.38. The molecule has 1 atom stereocenters. The van der Waals surface area contributed by atoms with Crippen molar-refractivity contribution in [3.63, 3.8) is 0 Å². The zero-order chi connectivity index (χ0) is 10.4. The summed E-state index contributed by atoms with van der Waals surface area (Å²) in [4.78, 5) is 31.5. The number of nitrogens with two attached hydrogens (primary N) is 1. The Bertz CT molecular complexity index is 249. The van der Waals surface area contributed by atoms with Gasteiger partial charge in [0.25, 0.3) is 0 Å². The van der Waals surface area contributed by atoms with E-state index < -0.39 is 30.2 Å².